The lowest BCUT2D eigenvalue weighted by Gasteiger charge is -2.30. The molecule has 124 valence electrons. The van der Waals surface area contributed by atoms with Gasteiger partial charge < -0.3 is 31.9 Å². The highest BCUT2D eigenvalue weighted by Crippen LogP contribution is 2.32. The molecule has 23 heavy (non-hydrogen) atoms. The van der Waals surface area contributed by atoms with Crippen molar-refractivity contribution >= 4 is 34.4 Å². The number of rotatable bonds is 2. The van der Waals surface area contributed by atoms with Crippen LogP contribution in [0.2, 0.25) is 5.02 Å². The van der Waals surface area contributed by atoms with Crippen LogP contribution in [0.25, 0.3) is 0 Å². The van der Waals surface area contributed by atoms with E-state index in [0.29, 0.717) is 35.2 Å². The lowest BCUT2D eigenvalue weighted by atomic mass is 10.2. The molecular weight excluding hydrogens is 316 g/mol. The highest BCUT2D eigenvalue weighted by Gasteiger charge is 2.17. The second-order valence-corrected chi connectivity index (χ2v) is 5.47. The molecule has 7 heteroatoms. The summed E-state index contributed by atoms with van der Waals surface area (Å²) in [5.74, 6) is 0.810. The van der Waals surface area contributed by atoms with E-state index < -0.39 is 0 Å². The van der Waals surface area contributed by atoms with Crippen LogP contribution in [-0.2, 0) is 0 Å². The molecule has 0 aromatic heterocycles. The van der Waals surface area contributed by atoms with E-state index >= 15 is 0 Å². The first-order chi connectivity index (χ1) is 11.0. The van der Waals surface area contributed by atoms with Crippen LogP contribution >= 0.6 is 11.6 Å². The topological polar surface area (TPSA) is 111 Å². The summed E-state index contributed by atoms with van der Waals surface area (Å²) in [6, 6.07) is 10.6. The van der Waals surface area contributed by atoms with Crippen LogP contribution in [-0.4, -0.2) is 31.4 Å². The number of nitrogens with two attached hydrogens (primary N) is 3. The van der Waals surface area contributed by atoms with Gasteiger partial charge in [0.25, 0.3) is 0 Å². The fraction of sp³-hybridized carbons (Fsp3) is 0.250. The smallest absolute Gasteiger partial charge is 0.144 e. The number of halogens is 1. The van der Waals surface area contributed by atoms with Crippen molar-refractivity contribution in [1.82, 2.24) is 0 Å². The van der Waals surface area contributed by atoms with Crippen molar-refractivity contribution < 1.29 is 9.84 Å². The number of aliphatic hydroxyl groups excluding tert-OH is 1. The third-order valence-corrected chi connectivity index (χ3v) is 3.67. The first kappa shape index (κ1) is 17.1. The zero-order chi connectivity index (χ0) is 16.8. The third kappa shape index (κ3) is 4.58. The average molecular weight is 337 g/mol. The highest BCUT2D eigenvalue weighted by atomic mass is 35.5. The SMILES string of the molecule is Nc1ccc(N)c(Cl)c1.Nc1ccc2c(c1)OCCN2CCO. The van der Waals surface area contributed by atoms with Crippen molar-refractivity contribution in [2.24, 2.45) is 0 Å². The Balaban J connectivity index is 0.000000185. The van der Waals surface area contributed by atoms with Crippen molar-refractivity contribution in [1.29, 1.82) is 0 Å². The van der Waals surface area contributed by atoms with Gasteiger partial charge in [0.15, 0.2) is 0 Å². The van der Waals surface area contributed by atoms with Gasteiger partial charge >= 0.3 is 0 Å². The van der Waals surface area contributed by atoms with Crippen molar-refractivity contribution in [2.45, 2.75) is 0 Å². The van der Waals surface area contributed by atoms with E-state index in [0.717, 1.165) is 18.0 Å². The zero-order valence-electron chi connectivity index (χ0n) is 12.7. The molecule has 2 aromatic carbocycles. The molecule has 3 rings (SSSR count). The molecule has 0 spiro atoms. The number of nitrogen functional groups attached to an aromatic ring is 3. The number of β-amino-alcohol motifs (C(OH)–C–C–N with tert-alkyl or cyclic N) is 1. The molecule has 0 saturated carbocycles. The van der Waals surface area contributed by atoms with Gasteiger partial charge in [-0.25, -0.2) is 0 Å². The number of anilines is 4. The van der Waals surface area contributed by atoms with E-state index in [1.165, 1.54) is 0 Å². The molecule has 0 amide bonds. The molecule has 0 aliphatic carbocycles. The summed E-state index contributed by atoms with van der Waals surface area (Å²) in [5.41, 5.74) is 19.4. The van der Waals surface area contributed by atoms with Gasteiger partial charge in [-0.15, -0.1) is 0 Å². The van der Waals surface area contributed by atoms with E-state index in [4.69, 9.17) is 38.6 Å². The Labute approximate surface area is 140 Å². The van der Waals surface area contributed by atoms with E-state index in [-0.39, 0.29) is 6.61 Å². The maximum Gasteiger partial charge on any atom is 0.144 e. The fourth-order valence-corrected chi connectivity index (χ4v) is 2.38. The summed E-state index contributed by atoms with van der Waals surface area (Å²) >= 11 is 5.61. The lowest BCUT2D eigenvalue weighted by Crippen LogP contribution is -2.34. The Morgan fingerprint density at radius 2 is 1.78 bits per heavy atom. The second-order valence-electron chi connectivity index (χ2n) is 5.07. The molecule has 6 nitrogen and oxygen atoms in total. The van der Waals surface area contributed by atoms with Crippen LogP contribution in [0.1, 0.15) is 0 Å². The van der Waals surface area contributed by atoms with Crippen LogP contribution in [0, 0.1) is 0 Å². The fourth-order valence-electron chi connectivity index (χ4n) is 2.19. The summed E-state index contributed by atoms with van der Waals surface area (Å²) in [7, 11) is 0. The number of aliphatic hydroxyl groups is 1. The van der Waals surface area contributed by atoms with Gasteiger partial charge in [0.1, 0.15) is 12.4 Å². The van der Waals surface area contributed by atoms with Gasteiger partial charge in [0.05, 0.1) is 29.5 Å². The number of hydrogen-bond acceptors (Lipinski definition) is 6. The summed E-state index contributed by atoms with van der Waals surface area (Å²) in [6.07, 6.45) is 0. The number of benzene rings is 2. The summed E-state index contributed by atoms with van der Waals surface area (Å²) in [4.78, 5) is 2.10. The first-order valence-electron chi connectivity index (χ1n) is 7.20. The van der Waals surface area contributed by atoms with Crippen molar-refractivity contribution in [3.05, 3.63) is 41.4 Å². The van der Waals surface area contributed by atoms with Gasteiger partial charge in [-0.3, -0.25) is 0 Å². The third-order valence-electron chi connectivity index (χ3n) is 3.34. The number of nitrogens with zero attached hydrogens (tertiary/aromatic N) is 1. The average Bonchev–Trinajstić information content (AvgIpc) is 2.52. The largest absolute Gasteiger partial charge is 0.489 e. The Hall–Kier alpha value is -2.31. The van der Waals surface area contributed by atoms with Gasteiger partial charge in [-0.05, 0) is 30.3 Å². The van der Waals surface area contributed by atoms with Crippen LogP contribution in [0.3, 0.4) is 0 Å². The van der Waals surface area contributed by atoms with Crippen LogP contribution in [0.5, 0.6) is 5.75 Å². The first-order valence-corrected chi connectivity index (χ1v) is 7.57. The van der Waals surface area contributed by atoms with Crippen LogP contribution in [0.15, 0.2) is 36.4 Å². The van der Waals surface area contributed by atoms with Gasteiger partial charge in [0, 0.05) is 24.0 Å². The molecule has 2 aromatic rings. The molecule has 0 unspecified atom stereocenters. The van der Waals surface area contributed by atoms with E-state index in [2.05, 4.69) is 4.90 Å². The molecule has 1 aliphatic rings. The maximum atomic E-state index is 8.89. The minimum atomic E-state index is 0.157. The minimum absolute atomic E-state index is 0.157. The Kier molecular flexibility index (Phi) is 5.78. The van der Waals surface area contributed by atoms with Crippen LogP contribution < -0.4 is 26.8 Å². The summed E-state index contributed by atoms with van der Waals surface area (Å²) in [6.45, 7) is 2.26. The molecule has 0 fully saturated rings. The van der Waals surface area contributed by atoms with E-state index in [9.17, 15) is 0 Å². The number of fused-ring (bicyclic) bond motifs is 1. The van der Waals surface area contributed by atoms with Crippen LogP contribution in [0.4, 0.5) is 22.7 Å². The van der Waals surface area contributed by atoms with Crippen molar-refractivity contribution in [2.75, 3.05) is 48.4 Å². The second kappa shape index (κ2) is 7.80. The standard InChI is InChI=1S/C10H14N2O2.C6H7ClN2/c11-8-1-2-9-10(7-8)14-6-4-12(9)3-5-13;7-5-3-4(8)1-2-6(5)9/h1-2,7,13H,3-6,11H2;1-3H,8-9H2. The van der Waals surface area contributed by atoms with E-state index in [1.807, 2.05) is 18.2 Å². The molecular formula is C16H21ClN4O2. The zero-order valence-corrected chi connectivity index (χ0v) is 13.5. The van der Waals surface area contributed by atoms with Crippen molar-refractivity contribution in [3.8, 4) is 5.75 Å². The molecule has 1 heterocycles. The Morgan fingerprint density at radius 1 is 1.09 bits per heavy atom. The predicted molar refractivity (Wildman–Crippen MR) is 95.9 cm³/mol. The molecule has 0 saturated heterocycles. The summed E-state index contributed by atoms with van der Waals surface area (Å²) < 4.78 is 5.48. The molecule has 0 atom stereocenters. The van der Waals surface area contributed by atoms with Crippen molar-refractivity contribution in [3.63, 3.8) is 0 Å². The normalized spacial score (nSPS) is 12.7. The molecule has 7 N–H and O–H groups in total. The Bertz CT molecular complexity index is 667. The predicted octanol–water partition coefficient (Wildman–Crippen LogP) is 1.96. The molecule has 0 radical (unpaired) electrons. The molecule has 0 bridgehead atoms. The Morgan fingerprint density at radius 3 is 2.43 bits per heavy atom. The minimum Gasteiger partial charge on any atom is -0.489 e. The van der Waals surface area contributed by atoms with Gasteiger partial charge in [-0.2, -0.15) is 0 Å². The van der Waals surface area contributed by atoms with Gasteiger partial charge in [-0.1, -0.05) is 11.6 Å². The van der Waals surface area contributed by atoms with Gasteiger partial charge in [0.2, 0.25) is 0 Å². The number of ether oxygens (including phenoxy) is 1. The quantitative estimate of drug-likeness (QED) is 0.624. The summed E-state index contributed by atoms with van der Waals surface area (Å²) in [5, 5.41) is 9.40. The maximum absolute atomic E-state index is 8.89. The number of hydrogen-bond donors (Lipinski definition) is 4. The van der Waals surface area contributed by atoms with E-state index in [1.54, 1.807) is 18.2 Å². The molecule has 1 aliphatic heterocycles. The lowest BCUT2D eigenvalue weighted by molar-refractivity contribution is 0.278. The monoisotopic (exact) mass is 336 g/mol. The highest BCUT2D eigenvalue weighted by molar-refractivity contribution is 6.33.